The Bertz CT molecular complexity index is 1350. The van der Waals surface area contributed by atoms with E-state index in [2.05, 4.69) is 22.1 Å². The third kappa shape index (κ3) is 4.01. The van der Waals surface area contributed by atoms with Crippen molar-refractivity contribution in [2.45, 2.75) is 19.5 Å². The Morgan fingerprint density at radius 3 is 2.74 bits per heavy atom. The van der Waals surface area contributed by atoms with Gasteiger partial charge in [-0.3, -0.25) is 5.10 Å². The lowest BCUT2D eigenvalue weighted by Crippen LogP contribution is -2.32. The average Bonchev–Trinajstić information content (AvgIpc) is 3.33. The number of aromatic amines is 1. The molecule has 0 saturated carbocycles. The van der Waals surface area contributed by atoms with Crippen LogP contribution < -0.4 is 9.47 Å². The monoisotopic (exact) mass is 484 g/mol. The minimum absolute atomic E-state index is 0.0368. The second kappa shape index (κ2) is 9.27. The third-order valence-corrected chi connectivity index (χ3v) is 6.86. The van der Waals surface area contributed by atoms with E-state index in [-0.39, 0.29) is 10.8 Å². The number of hydrogen-bond donors (Lipinski definition) is 2. The third-order valence-electron chi connectivity index (χ3n) is 6.56. The van der Waals surface area contributed by atoms with Crippen molar-refractivity contribution in [1.82, 2.24) is 20.1 Å². The topological polar surface area (TPSA) is 83.5 Å². The number of H-pyrrole nitrogens is 1. The molecule has 9 heteroatoms. The molecule has 4 aromatic rings. The number of phenols is 1. The predicted molar refractivity (Wildman–Crippen MR) is 131 cm³/mol. The van der Waals surface area contributed by atoms with Crippen LogP contribution in [-0.4, -0.2) is 59.0 Å². The summed E-state index contributed by atoms with van der Waals surface area (Å²) in [5.41, 5.74) is 2.12. The number of rotatable bonds is 6. The summed E-state index contributed by atoms with van der Waals surface area (Å²) in [4.78, 5) is 7.03. The molecule has 3 heterocycles. The number of hydrogen-bond acceptors (Lipinski definition) is 6. The zero-order valence-electron chi connectivity index (χ0n) is 19.1. The van der Waals surface area contributed by atoms with E-state index < -0.39 is 6.67 Å². The van der Waals surface area contributed by atoms with Gasteiger partial charge in [0.15, 0.2) is 17.1 Å². The van der Waals surface area contributed by atoms with Gasteiger partial charge >= 0.3 is 0 Å². The largest absolute Gasteiger partial charge is 0.506 e. The van der Waals surface area contributed by atoms with Crippen LogP contribution in [-0.2, 0) is 6.67 Å². The van der Waals surface area contributed by atoms with E-state index in [1.807, 2.05) is 0 Å². The molecule has 178 valence electrons. The summed E-state index contributed by atoms with van der Waals surface area (Å²) >= 11 is 6.17. The number of aromatic hydroxyl groups is 1. The highest BCUT2D eigenvalue weighted by Gasteiger charge is 2.24. The minimum Gasteiger partial charge on any atom is -0.506 e. The SMILES string of the molecule is COc1c(OCC2CCN(C)CC2)cc(CF)c2c(-c3ccc(O)c(Cl)c3)nc3[nH]ncc3c12. The van der Waals surface area contributed by atoms with Gasteiger partial charge in [-0.25, -0.2) is 9.37 Å². The quantitative estimate of drug-likeness (QED) is 0.384. The molecular weight excluding hydrogens is 459 g/mol. The number of fused-ring (bicyclic) bond motifs is 3. The van der Waals surface area contributed by atoms with Crippen molar-refractivity contribution in [2.75, 3.05) is 33.9 Å². The average molecular weight is 485 g/mol. The van der Waals surface area contributed by atoms with Crippen LogP contribution in [0.3, 0.4) is 0 Å². The van der Waals surface area contributed by atoms with Gasteiger partial charge in [-0.05, 0) is 68.7 Å². The molecule has 2 N–H and O–H groups in total. The maximum absolute atomic E-state index is 14.5. The van der Waals surface area contributed by atoms with Crippen molar-refractivity contribution in [1.29, 1.82) is 0 Å². The molecule has 0 bridgehead atoms. The Kier molecular flexibility index (Phi) is 6.18. The molecule has 1 fully saturated rings. The van der Waals surface area contributed by atoms with Gasteiger partial charge < -0.3 is 19.5 Å². The van der Waals surface area contributed by atoms with Gasteiger partial charge in [0.1, 0.15) is 12.4 Å². The molecule has 34 heavy (non-hydrogen) atoms. The molecule has 0 atom stereocenters. The first-order valence-electron chi connectivity index (χ1n) is 11.2. The molecule has 2 aromatic carbocycles. The fraction of sp³-hybridized carbons (Fsp3) is 0.360. The molecule has 0 unspecified atom stereocenters. The number of nitrogens with zero attached hydrogens (tertiary/aromatic N) is 3. The standard InChI is InChI=1S/C25H26ClFN4O3/c1-31-7-5-14(6-8-31)13-34-20-10-16(11-27)21-22(24(20)33-2)17-12-28-30-25(17)29-23(21)15-3-4-19(32)18(26)9-15/h3-4,9-10,12,14,32H,5-8,11,13H2,1-2H3,(H,28,29,30). The van der Waals surface area contributed by atoms with Crippen LogP contribution in [0.2, 0.25) is 5.02 Å². The van der Waals surface area contributed by atoms with E-state index in [4.69, 9.17) is 26.1 Å². The molecule has 0 spiro atoms. The fourth-order valence-electron chi connectivity index (χ4n) is 4.65. The molecule has 5 rings (SSSR count). The van der Waals surface area contributed by atoms with Gasteiger partial charge in [-0.2, -0.15) is 5.10 Å². The van der Waals surface area contributed by atoms with E-state index in [0.29, 0.717) is 62.7 Å². The van der Waals surface area contributed by atoms with Crippen LogP contribution in [0.4, 0.5) is 4.39 Å². The molecule has 1 aliphatic heterocycles. The zero-order valence-corrected chi connectivity index (χ0v) is 19.8. The van der Waals surface area contributed by atoms with Crippen molar-refractivity contribution in [2.24, 2.45) is 5.92 Å². The second-order valence-corrected chi connectivity index (χ2v) is 9.17. The first-order valence-corrected chi connectivity index (χ1v) is 11.6. The van der Waals surface area contributed by atoms with Crippen LogP contribution in [0, 0.1) is 5.92 Å². The summed E-state index contributed by atoms with van der Waals surface area (Å²) in [6.07, 6.45) is 3.78. The summed E-state index contributed by atoms with van der Waals surface area (Å²) < 4.78 is 26.5. The predicted octanol–water partition coefficient (Wildman–Crippen LogP) is 5.34. The molecule has 7 nitrogen and oxygen atoms in total. The zero-order chi connectivity index (χ0) is 23.8. The van der Waals surface area contributed by atoms with Crippen LogP contribution in [0.1, 0.15) is 18.4 Å². The number of benzene rings is 2. The van der Waals surface area contributed by atoms with E-state index in [1.165, 1.54) is 6.07 Å². The number of pyridine rings is 1. The van der Waals surface area contributed by atoms with Crippen LogP contribution in [0.25, 0.3) is 33.1 Å². The van der Waals surface area contributed by atoms with Crippen molar-refractivity contribution in [3.8, 4) is 28.5 Å². The number of aromatic nitrogens is 3. The van der Waals surface area contributed by atoms with Crippen molar-refractivity contribution >= 4 is 33.4 Å². The van der Waals surface area contributed by atoms with Crippen LogP contribution >= 0.6 is 11.6 Å². The molecule has 1 saturated heterocycles. The van der Waals surface area contributed by atoms with Crippen LogP contribution in [0.15, 0.2) is 30.5 Å². The number of piperidine rings is 1. The Morgan fingerprint density at radius 2 is 2.03 bits per heavy atom. The lowest BCUT2D eigenvalue weighted by Gasteiger charge is -2.29. The lowest BCUT2D eigenvalue weighted by atomic mass is 9.96. The normalized spacial score (nSPS) is 15.3. The fourth-order valence-corrected chi connectivity index (χ4v) is 4.83. The Labute approximate surface area is 201 Å². The number of halogens is 2. The minimum atomic E-state index is -0.713. The van der Waals surface area contributed by atoms with E-state index in [1.54, 1.807) is 31.5 Å². The Balaban J connectivity index is 1.68. The van der Waals surface area contributed by atoms with Gasteiger partial charge in [0.2, 0.25) is 0 Å². The van der Waals surface area contributed by atoms with E-state index in [0.717, 1.165) is 25.9 Å². The molecule has 0 amide bonds. The molecule has 0 aliphatic carbocycles. The molecular formula is C25H26ClFN4O3. The van der Waals surface area contributed by atoms with Crippen LogP contribution in [0.5, 0.6) is 17.2 Å². The first-order chi connectivity index (χ1) is 16.5. The van der Waals surface area contributed by atoms with E-state index in [9.17, 15) is 9.50 Å². The van der Waals surface area contributed by atoms with Crippen molar-refractivity contribution in [3.63, 3.8) is 0 Å². The summed E-state index contributed by atoms with van der Waals surface area (Å²) in [5.74, 6) is 1.42. The summed E-state index contributed by atoms with van der Waals surface area (Å²) in [6, 6.07) is 6.51. The highest BCUT2D eigenvalue weighted by molar-refractivity contribution is 6.32. The first kappa shape index (κ1) is 22.7. The van der Waals surface area contributed by atoms with Gasteiger partial charge in [-0.1, -0.05) is 11.6 Å². The van der Waals surface area contributed by atoms with Crippen molar-refractivity contribution < 1.29 is 19.0 Å². The molecule has 0 radical (unpaired) electrons. The number of phenolic OH excluding ortho intramolecular Hbond substituents is 1. The number of likely N-dealkylation sites (tertiary alicyclic amines) is 1. The van der Waals surface area contributed by atoms with E-state index >= 15 is 0 Å². The molecule has 1 aliphatic rings. The van der Waals surface area contributed by atoms with Gasteiger partial charge in [0.05, 0.1) is 36.0 Å². The highest BCUT2D eigenvalue weighted by Crippen LogP contribution is 2.45. The lowest BCUT2D eigenvalue weighted by molar-refractivity contribution is 0.157. The Morgan fingerprint density at radius 1 is 1.24 bits per heavy atom. The highest BCUT2D eigenvalue weighted by atomic mass is 35.5. The maximum Gasteiger partial charge on any atom is 0.169 e. The Hall–Kier alpha value is -3.10. The van der Waals surface area contributed by atoms with Gasteiger partial charge in [0.25, 0.3) is 0 Å². The number of ether oxygens (including phenoxy) is 2. The number of methoxy groups -OCH3 is 1. The smallest absolute Gasteiger partial charge is 0.169 e. The van der Waals surface area contributed by atoms with Crippen molar-refractivity contribution in [3.05, 3.63) is 41.0 Å². The summed E-state index contributed by atoms with van der Waals surface area (Å²) in [6.45, 7) is 1.91. The number of alkyl halides is 1. The summed E-state index contributed by atoms with van der Waals surface area (Å²) in [5, 5.41) is 19.1. The van der Waals surface area contributed by atoms with Gasteiger partial charge in [0, 0.05) is 16.3 Å². The summed E-state index contributed by atoms with van der Waals surface area (Å²) in [7, 11) is 3.70. The number of nitrogens with one attached hydrogen (secondary N) is 1. The maximum atomic E-state index is 14.5. The van der Waals surface area contributed by atoms with Gasteiger partial charge in [-0.15, -0.1) is 0 Å². The molecule has 2 aromatic heterocycles. The second-order valence-electron chi connectivity index (χ2n) is 8.77.